The zero-order chi connectivity index (χ0) is 22.8. The molecule has 0 spiro atoms. The van der Waals surface area contributed by atoms with E-state index in [0.29, 0.717) is 34.2 Å². The lowest BCUT2D eigenvalue weighted by molar-refractivity contribution is -0.120. The number of hydrogen-bond donors (Lipinski definition) is 1. The lowest BCUT2D eigenvalue weighted by Gasteiger charge is -2.17. The molecule has 4 rings (SSSR count). The summed E-state index contributed by atoms with van der Waals surface area (Å²) in [5.41, 5.74) is 4.65. The summed E-state index contributed by atoms with van der Waals surface area (Å²) in [5, 5.41) is 3.18. The lowest BCUT2D eigenvalue weighted by atomic mass is 10.0. The van der Waals surface area contributed by atoms with E-state index in [0.717, 1.165) is 11.1 Å². The molecule has 0 aromatic heterocycles. The fraction of sp³-hybridized carbons (Fsp3) is 0.185. The number of nitrogens with one attached hydrogen (secondary N) is 1. The second-order valence-corrected chi connectivity index (χ2v) is 8.13. The van der Waals surface area contributed by atoms with Crippen LogP contribution < -0.4 is 15.0 Å². The molecular formula is C27H26N2O3. The molecule has 0 bridgehead atoms. The number of aryl methyl sites for hydroxylation is 1. The van der Waals surface area contributed by atoms with E-state index in [2.05, 4.69) is 19.2 Å². The molecule has 3 aromatic rings. The predicted octanol–water partition coefficient (Wildman–Crippen LogP) is 5.52. The van der Waals surface area contributed by atoms with Crippen molar-refractivity contribution >= 4 is 28.8 Å². The molecule has 2 amide bonds. The van der Waals surface area contributed by atoms with E-state index in [1.807, 2.05) is 73.7 Å². The largest absolute Gasteiger partial charge is 0.495 e. The van der Waals surface area contributed by atoms with Crippen molar-refractivity contribution in [3.63, 3.8) is 0 Å². The van der Waals surface area contributed by atoms with Gasteiger partial charge in [-0.3, -0.25) is 9.59 Å². The van der Waals surface area contributed by atoms with Crippen LogP contribution in [0.2, 0.25) is 0 Å². The van der Waals surface area contributed by atoms with E-state index in [-0.39, 0.29) is 11.6 Å². The van der Waals surface area contributed by atoms with Crippen LogP contribution in [0.5, 0.6) is 5.75 Å². The number of imide groups is 1. The van der Waals surface area contributed by atoms with Gasteiger partial charge < -0.3 is 10.1 Å². The van der Waals surface area contributed by atoms with Gasteiger partial charge in [-0.25, -0.2) is 4.90 Å². The number of anilines is 2. The van der Waals surface area contributed by atoms with Gasteiger partial charge in [0.1, 0.15) is 11.4 Å². The van der Waals surface area contributed by atoms with E-state index >= 15 is 0 Å². The molecule has 0 unspecified atom stereocenters. The van der Waals surface area contributed by atoms with Gasteiger partial charge in [-0.1, -0.05) is 67.9 Å². The van der Waals surface area contributed by atoms with Crippen molar-refractivity contribution in [1.82, 2.24) is 0 Å². The molecule has 0 saturated carbocycles. The minimum Gasteiger partial charge on any atom is -0.495 e. The summed E-state index contributed by atoms with van der Waals surface area (Å²) < 4.78 is 5.43. The van der Waals surface area contributed by atoms with Crippen LogP contribution in [0.1, 0.15) is 36.5 Å². The topological polar surface area (TPSA) is 58.6 Å². The van der Waals surface area contributed by atoms with Crippen LogP contribution in [0.4, 0.5) is 11.4 Å². The van der Waals surface area contributed by atoms with Gasteiger partial charge in [0, 0.05) is 0 Å². The highest BCUT2D eigenvalue weighted by molar-refractivity contribution is 6.46. The fourth-order valence-corrected chi connectivity index (χ4v) is 3.76. The molecule has 0 aliphatic carbocycles. The van der Waals surface area contributed by atoms with Crippen LogP contribution in [-0.2, 0) is 9.59 Å². The molecule has 32 heavy (non-hydrogen) atoms. The summed E-state index contributed by atoms with van der Waals surface area (Å²) in [5.74, 6) is 0.198. The van der Waals surface area contributed by atoms with Crippen molar-refractivity contribution < 1.29 is 14.3 Å². The number of carbonyl (C=O) groups excluding carboxylic acids is 2. The second-order valence-electron chi connectivity index (χ2n) is 8.13. The Morgan fingerprint density at radius 2 is 1.50 bits per heavy atom. The normalized spacial score (nSPS) is 13.8. The molecule has 1 heterocycles. The van der Waals surface area contributed by atoms with E-state index < -0.39 is 5.91 Å². The van der Waals surface area contributed by atoms with E-state index in [1.165, 1.54) is 4.90 Å². The van der Waals surface area contributed by atoms with Crippen molar-refractivity contribution in [3.8, 4) is 5.75 Å². The Morgan fingerprint density at radius 1 is 0.844 bits per heavy atom. The number of para-hydroxylation sites is 2. The third-order valence-corrected chi connectivity index (χ3v) is 5.61. The van der Waals surface area contributed by atoms with Crippen LogP contribution in [0.15, 0.2) is 78.5 Å². The van der Waals surface area contributed by atoms with E-state index in [9.17, 15) is 9.59 Å². The van der Waals surface area contributed by atoms with Gasteiger partial charge in [-0.2, -0.15) is 0 Å². The zero-order valence-corrected chi connectivity index (χ0v) is 18.7. The van der Waals surface area contributed by atoms with E-state index in [1.54, 1.807) is 13.2 Å². The maximum atomic E-state index is 13.6. The molecule has 0 fully saturated rings. The molecule has 0 saturated heterocycles. The number of rotatable bonds is 6. The van der Waals surface area contributed by atoms with Gasteiger partial charge in [-0.15, -0.1) is 0 Å². The Bertz CT molecular complexity index is 1190. The van der Waals surface area contributed by atoms with Crippen LogP contribution in [-0.4, -0.2) is 18.9 Å². The number of amides is 2. The van der Waals surface area contributed by atoms with E-state index in [4.69, 9.17) is 4.74 Å². The second kappa shape index (κ2) is 8.71. The Kier molecular flexibility index (Phi) is 5.82. The number of carbonyl (C=O) groups is 2. The van der Waals surface area contributed by atoms with Crippen molar-refractivity contribution in [2.45, 2.75) is 26.7 Å². The molecule has 0 atom stereocenters. The molecule has 0 radical (unpaired) electrons. The molecule has 162 valence electrons. The minimum atomic E-state index is -0.395. The highest BCUT2D eigenvalue weighted by atomic mass is 16.5. The third kappa shape index (κ3) is 3.89. The average molecular weight is 427 g/mol. The lowest BCUT2D eigenvalue weighted by Crippen LogP contribution is -2.32. The number of benzene rings is 3. The molecule has 3 aromatic carbocycles. The molecule has 1 aliphatic heterocycles. The van der Waals surface area contributed by atoms with Gasteiger partial charge in [-0.05, 0) is 48.2 Å². The Hall–Kier alpha value is -3.86. The monoisotopic (exact) mass is 426 g/mol. The summed E-state index contributed by atoms with van der Waals surface area (Å²) in [6, 6.07) is 22.5. The summed E-state index contributed by atoms with van der Waals surface area (Å²) in [6.45, 7) is 6.19. The van der Waals surface area contributed by atoms with Crippen molar-refractivity contribution in [2.75, 3.05) is 17.3 Å². The van der Waals surface area contributed by atoms with Gasteiger partial charge in [0.15, 0.2) is 0 Å². The zero-order valence-electron chi connectivity index (χ0n) is 18.7. The Labute approximate surface area is 188 Å². The molecule has 5 heteroatoms. The number of hydrogen-bond acceptors (Lipinski definition) is 4. The smallest absolute Gasteiger partial charge is 0.282 e. The van der Waals surface area contributed by atoms with Gasteiger partial charge in [0.2, 0.25) is 0 Å². The number of nitrogens with zero attached hydrogens (tertiary/aromatic N) is 1. The fourth-order valence-electron chi connectivity index (χ4n) is 3.76. The molecular weight excluding hydrogens is 400 g/mol. The first-order valence-electron chi connectivity index (χ1n) is 10.6. The maximum absolute atomic E-state index is 13.6. The van der Waals surface area contributed by atoms with Crippen LogP contribution >= 0.6 is 0 Å². The van der Waals surface area contributed by atoms with Crippen molar-refractivity contribution in [2.24, 2.45) is 0 Å². The highest BCUT2D eigenvalue weighted by Gasteiger charge is 2.40. The minimum absolute atomic E-state index is 0.233. The molecule has 5 nitrogen and oxygen atoms in total. The highest BCUT2D eigenvalue weighted by Crippen LogP contribution is 2.36. The maximum Gasteiger partial charge on any atom is 0.282 e. The summed E-state index contributed by atoms with van der Waals surface area (Å²) in [7, 11) is 1.57. The Balaban J connectivity index is 1.80. The first kappa shape index (κ1) is 21.4. The summed E-state index contributed by atoms with van der Waals surface area (Å²) in [6.07, 6.45) is 0. The predicted molar refractivity (Wildman–Crippen MR) is 128 cm³/mol. The first-order valence-corrected chi connectivity index (χ1v) is 10.6. The van der Waals surface area contributed by atoms with Gasteiger partial charge in [0.25, 0.3) is 11.8 Å². The standard InChI is InChI=1S/C27H26N2O3/c1-17(2)19-13-15-21(16-14-19)29-26(30)24(20-11-9-18(3)10-12-20)25(27(29)31)28-22-7-5-6-8-23(22)32-4/h5-17,28H,1-4H3. The molecule has 1 aliphatic rings. The number of methoxy groups -OCH3 is 1. The SMILES string of the molecule is COc1ccccc1NC1=C(c2ccc(C)cc2)C(=O)N(c2ccc(C(C)C)cc2)C1=O. The summed E-state index contributed by atoms with van der Waals surface area (Å²) in [4.78, 5) is 28.3. The number of ether oxygens (including phenoxy) is 1. The first-order chi connectivity index (χ1) is 15.4. The van der Waals surface area contributed by atoms with Crippen LogP contribution in [0.3, 0.4) is 0 Å². The van der Waals surface area contributed by atoms with Crippen molar-refractivity contribution in [1.29, 1.82) is 0 Å². The summed E-state index contributed by atoms with van der Waals surface area (Å²) >= 11 is 0. The van der Waals surface area contributed by atoms with Gasteiger partial charge >= 0.3 is 0 Å². The third-order valence-electron chi connectivity index (χ3n) is 5.61. The Morgan fingerprint density at radius 3 is 2.12 bits per heavy atom. The van der Waals surface area contributed by atoms with Crippen LogP contribution in [0, 0.1) is 6.92 Å². The quantitative estimate of drug-likeness (QED) is 0.527. The average Bonchev–Trinajstić information content (AvgIpc) is 3.04. The van der Waals surface area contributed by atoms with Gasteiger partial charge in [0.05, 0.1) is 24.1 Å². The van der Waals surface area contributed by atoms with Crippen LogP contribution in [0.25, 0.3) is 5.57 Å². The van der Waals surface area contributed by atoms with Crippen molar-refractivity contribution in [3.05, 3.63) is 95.2 Å². The molecule has 1 N–H and O–H groups in total.